The van der Waals surface area contributed by atoms with E-state index in [9.17, 15) is 52.7 Å². The molecule has 402 valence electrons. The number of isocyanates is 2. The molecule has 0 rings (SSSR count). The second-order valence-electron chi connectivity index (χ2n) is 15.7. The molecule has 0 heterocycles. The number of aliphatic imine (C=N–C) groups is 2. The highest BCUT2D eigenvalue weighted by Gasteiger charge is 2.25. The molecule has 0 fully saturated rings. The Morgan fingerprint density at radius 2 is 0.708 bits per heavy atom. The molecule has 0 aliphatic carbocycles. The number of nitrogens with zero attached hydrogens (tertiary/aromatic N) is 5. The molecule has 0 saturated carbocycles. The molecule has 23 heteroatoms. The van der Waals surface area contributed by atoms with E-state index in [1.54, 1.807) is 0 Å². The summed E-state index contributed by atoms with van der Waals surface area (Å²) in [6.07, 6.45) is 14.3. The van der Waals surface area contributed by atoms with Crippen molar-refractivity contribution in [1.29, 1.82) is 0 Å². The maximum atomic E-state index is 13.2. The molecule has 0 radical (unpaired) electrons. The third kappa shape index (κ3) is 35.2. The van der Waals surface area contributed by atoms with Gasteiger partial charge in [0.2, 0.25) is 24.0 Å². The highest BCUT2D eigenvalue weighted by Crippen LogP contribution is 2.13. The van der Waals surface area contributed by atoms with Gasteiger partial charge in [-0.2, -0.15) is 0 Å². The molecule has 7 amide bonds. The van der Waals surface area contributed by atoms with E-state index in [0.717, 1.165) is 65.0 Å². The van der Waals surface area contributed by atoms with Crippen LogP contribution < -0.4 is 5.32 Å². The topological polar surface area (TPSA) is 290 Å². The fourth-order valence-electron chi connectivity index (χ4n) is 6.42. The number of carbonyl (C=O) groups excluding carboxylic acids is 11. The summed E-state index contributed by atoms with van der Waals surface area (Å²) in [5.74, 6) is -2.92. The van der Waals surface area contributed by atoms with E-state index in [-0.39, 0.29) is 78.7 Å². The number of hydrogen-bond acceptors (Lipinski definition) is 19. The first-order chi connectivity index (χ1) is 34.9. The Balaban J connectivity index is 5.20. The molecule has 0 bridgehead atoms. The van der Waals surface area contributed by atoms with Crippen molar-refractivity contribution in [2.45, 2.75) is 128 Å². The summed E-state index contributed by atoms with van der Waals surface area (Å²) in [5, 5.41) is 2.71. The van der Waals surface area contributed by atoms with Crippen LogP contribution in [0, 0.1) is 0 Å². The molecule has 0 aromatic carbocycles. The third-order valence-corrected chi connectivity index (χ3v) is 10.2. The van der Waals surface area contributed by atoms with E-state index >= 15 is 0 Å². The number of amides is 7. The molecule has 0 unspecified atom stereocenters. The lowest BCUT2D eigenvalue weighted by atomic mass is 10.1. The Kier molecular flexibility index (Phi) is 40.8. The molecule has 0 saturated heterocycles. The summed E-state index contributed by atoms with van der Waals surface area (Å²) in [6, 6.07) is -0.707. The predicted molar refractivity (Wildman–Crippen MR) is 259 cm³/mol. The molecular formula is C49H74N6O17. The number of rotatable bonds is 42. The molecule has 0 aromatic heterocycles. The molecule has 0 aliphatic heterocycles. The van der Waals surface area contributed by atoms with Crippen molar-refractivity contribution in [3.63, 3.8) is 0 Å². The smallest absolute Gasteiger partial charge is 0.418 e. The fourth-order valence-corrected chi connectivity index (χ4v) is 6.42. The van der Waals surface area contributed by atoms with Gasteiger partial charge in [-0.15, -0.1) is 0 Å². The van der Waals surface area contributed by atoms with Gasteiger partial charge in [0.05, 0.1) is 13.1 Å². The minimum atomic E-state index is -0.951. The summed E-state index contributed by atoms with van der Waals surface area (Å²) in [7, 11) is 0. The van der Waals surface area contributed by atoms with E-state index in [2.05, 4.69) is 35.0 Å². The van der Waals surface area contributed by atoms with Gasteiger partial charge < -0.3 is 33.7 Å². The first-order valence-electron chi connectivity index (χ1n) is 24.5. The largest absolute Gasteiger partial charge is 0.459 e. The van der Waals surface area contributed by atoms with Crippen molar-refractivity contribution < 1.29 is 81.2 Å². The summed E-state index contributed by atoms with van der Waals surface area (Å²) in [4.78, 5) is 143. The predicted octanol–water partition coefficient (Wildman–Crippen LogP) is 6.73. The zero-order chi connectivity index (χ0) is 53.5. The van der Waals surface area contributed by atoms with Gasteiger partial charge in [0, 0.05) is 57.2 Å². The Morgan fingerprint density at radius 1 is 0.403 bits per heavy atom. The number of esters is 3. The van der Waals surface area contributed by atoms with Crippen LogP contribution in [0.5, 0.6) is 0 Å². The van der Waals surface area contributed by atoms with Crippen LogP contribution in [-0.2, 0) is 62.0 Å². The van der Waals surface area contributed by atoms with Gasteiger partial charge in [-0.05, 0) is 51.4 Å². The Labute approximate surface area is 421 Å². The van der Waals surface area contributed by atoms with Crippen LogP contribution in [0.4, 0.5) is 19.2 Å². The lowest BCUT2D eigenvalue weighted by Crippen LogP contribution is -2.45. The number of ether oxygens (including phenoxy) is 6. The molecule has 23 nitrogen and oxygen atoms in total. The number of hydrogen-bond donors (Lipinski definition) is 1. The van der Waals surface area contributed by atoms with Gasteiger partial charge >= 0.3 is 42.2 Å². The minimum Gasteiger partial charge on any atom is -0.459 e. The summed E-state index contributed by atoms with van der Waals surface area (Å²) in [6.45, 7) is 9.50. The average Bonchev–Trinajstić information content (AvgIpc) is 3.37. The van der Waals surface area contributed by atoms with E-state index in [0.29, 0.717) is 96.6 Å². The minimum absolute atomic E-state index is 0.00754. The maximum Gasteiger partial charge on any atom is 0.418 e. The highest BCUT2D eigenvalue weighted by molar-refractivity contribution is 5.93. The summed E-state index contributed by atoms with van der Waals surface area (Å²) < 4.78 is 30.0. The van der Waals surface area contributed by atoms with E-state index < -0.39 is 54.0 Å². The van der Waals surface area contributed by atoms with Crippen LogP contribution in [-0.4, -0.2) is 160 Å². The van der Waals surface area contributed by atoms with Crippen molar-refractivity contribution in [2.75, 3.05) is 78.9 Å². The first kappa shape index (κ1) is 65.0. The zero-order valence-corrected chi connectivity index (χ0v) is 41.7. The average molecular weight is 1020 g/mol. The van der Waals surface area contributed by atoms with Crippen LogP contribution in [0.2, 0.25) is 0 Å². The van der Waals surface area contributed by atoms with Crippen molar-refractivity contribution in [3.05, 3.63) is 38.0 Å². The van der Waals surface area contributed by atoms with Gasteiger partial charge in [-0.25, -0.2) is 67.8 Å². The highest BCUT2D eigenvalue weighted by atomic mass is 16.6. The fraction of sp³-hybridized carbons (Fsp3) is 0.653. The molecule has 0 atom stereocenters. The van der Waals surface area contributed by atoms with Crippen molar-refractivity contribution in [2.24, 2.45) is 9.98 Å². The lowest BCUT2D eigenvalue weighted by Gasteiger charge is -2.21. The van der Waals surface area contributed by atoms with Crippen LogP contribution >= 0.6 is 0 Å². The van der Waals surface area contributed by atoms with Crippen molar-refractivity contribution in [3.8, 4) is 0 Å². The normalized spacial score (nSPS) is 10.2. The third-order valence-electron chi connectivity index (χ3n) is 10.2. The number of unbranched alkanes of at least 4 members (excludes halogenated alkanes) is 14. The molecule has 0 spiro atoms. The Morgan fingerprint density at radius 3 is 1.08 bits per heavy atom. The van der Waals surface area contributed by atoms with Crippen molar-refractivity contribution >= 4 is 66.2 Å². The number of carbonyl (C=O) groups is 9. The van der Waals surface area contributed by atoms with Gasteiger partial charge in [-0.1, -0.05) is 83.9 Å². The van der Waals surface area contributed by atoms with Crippen LogP contribution in [0.3, 0.4) is 0 Å². The molecular weight excluding hydrogens is 945 g/mol. The standard InChI is InChI=1S/C49H74N6O17/c1-4-43(60)67-33-36-70-47(64)53(30-22-15-12-20-28-51-40-57)42(59)26-18-10-8-14-24-32-55(49(66)72-38-35-69-45(62)6-3)46(63)52-29-21-13-16-23-31-54(48(65)71-37-34-68-44(61)5-2)41(58)25-17-9-7-11-19-27-50-39-56/h4-6H,1-3,7-38H2,(H,52,63). The maximum absolute atomic E-state index is 13.2. The Hall–Kier alpha value is -6.99. The van der Waals surface area contributed by atoms with Gasteiger partial charge in [-0.3, -0.25) is 9.59 Å². The van der Waals surface area contributed by atoms with Crippen LogP contribution in [0.15, 0.2) is 47.9 Å². The number of nitrogens with one attached hydrogen (secondary N) is 1. The molecule has 0 aliphatic rings. The monoisotopic (exact) mass is 1020 g/mol. The van der Waals surface area contributed by atoms with Gasteiger partial charge in [0.1, 0.15) is 39.6 Å². The SMILES string of the molecule is C=CC(=O)OCCOC(=O)N(CCCCCCN=C=O)C(=O)CCCCCCCN(C(=O)NCCCCCCN(C(=O)CCCCCCCN=C=O)C(=O)OCCOC(=O)C=C)C(=O)OCCOC(=O)C=C. The number of imide groups is 3. The molecule has 1 N–H and O–H groups in total. The first-order valence-corrected chi connectivity index (χ1v) is 24.5. The van der Waals surface area contributed by atoms with Gasteiger partial charge in [0.15, 0.2) is 0 Å². The lowest BCUT2D eigenvalue weighted by molar-refractivity contribution is -0.139. The molecule has 72 heavy (non-hydrogen) atoms. The second kappa shape index (κ2) is 45.2. The summed E-state index contributed by atoms with van der Waals surface area (Å²) in [5.41, 5.74) is 0. The quantitative estimate of drug-likeness (QED) is 0.0166. The van der Waals surface area contributed by atoms with E-state index in [1.165, 1.54) is 12.2 Å². The van der Waals surface area contributed by atoms with Crippen LogP contribution in [0.1, 0.15) is 128 Å². The van der Waals surface area contributed by atoms with E-state index in [4.69, 9.17) is 28.4 Å². The van der Waals surface area contributed by atoms with E-state index in [1.807, 2.05) is 0 Å². The van der Waals surface area contributed by atoms with Crippen LogP contribution in [0.25, 0.3) is 0 Å². The number of urea groups is 1. The second-order valence-corrected chi connectivity index (χ2v) is 15.7. The zero-order valence-electron chi connectivity index (χ0n) is 41.7. The Bertz CT molecular complexity index is 1800. The summed E-state index contributed by atoms with van der Waals surface area (Å²) >= 11 is 0. The van der Waals surface area contributed by atoms with Crippen molar-refractivity contribution in [1.82, 2.24) is 20.0 Å². The van der Waals surface area contributed by atoms with Gasteiger partial charge in [0.25, 0.3) is 0 Å². The molecule has 0 aromatic rings.